The summed E-state index contributed by atoms with van der Waals surface area (Å²) in [5.74, 6) is 0. The average Bonchev–Trinajstić information content (AvgIpc) is 2.51. The van der Waals surface area contributed by atoms with E-state index in [4.69, 9.17) is 5.73 Å². The first-order chi connectivity index (χ1) is 6.33. The predicted molar refractivity (Wildman–Crippen MR) is 60.3 cm³/mol. The third-order valence-electron chi connectivity index (χ3n) is 2.17. The SMILES string of the molecule is Cc1ccc(CCCCCCN)s1. The van der Waals surface area contributed by atoms with Crippen LogP contribution in [0.15, 0.2) is 12.1 Å². The van der Waals surface area contributed by atoms with Crippen molar-refractivity contribution in [2.24, 2.45) is 5.73 Å². The molecular weight excluding hydrogens is 178 g/mol. The molecule has 2 heteroatoms. The quantitative estimate of drug-likeness (QED) is 0.697. The van der Waals surface area contributed by atoms with Gasteiger partial charge in [-0.25, -0.2) is 0 Å². The van der Waals surface area contributed by atoms with Gasteiger partial charge in [0, 0.05) is 9.75 Å². The highest BCUT2D eigenvalue weighted by atomic mass is 32.1. The van der Waals surface area contributed by atoms with E-state index in [-0.39, 0.29) is 0 Å². The van der Waals surface area contributed by atoms with Crippen LogP contribution in [0.3, 0.4) is 0 Å². The van der Waals surface area contributed by atoms with Crippen LogP contribution in [-0.4, -0.2) is 6.54 Å². The lowest BCUT2D eigenvalue weighted by molar-refractivity contribution is 0.649. The summed E-state index contributed by atoms with van der Waals surface area (Å²) in [4.78, 5) is 2.96. The Labute approximate surface area is 85.0 Å². The zero-order valence-corrected chi connectivity index (χ0v) is 9.20. The lowest BCUT2D eigenvalue weighted by atomic mass is 10.1. The van der Waals surface area contributed by atoms with Gasteiger partial charge in [-0.2, -0.15) is 0 Å². The minimum absolute atomic E-state index is 0.845. The number of thiophene rings is 1. The number of rotatable bonds is 6. The summed E-state index contributed by atoms with van der Waals surface area (Å²) < 4.78 is 0. The van der Waals surface area contributed by atoms with Gasteiger partial charge in [-0.3, -0.25) is 0 Å². The summed E-state index contributed by atoms with van der Waals surface area (Å²) in [6, 6.07) is 4.46. The van der Waals surface area contributed by atoms with Gasteiger partial charge in [-0.15, -0.1) is 11.3 Å². The fourth-order valence-corrected chi connectivity index (χ4v) is 2.35. The Morgan fingerprint density at radius 3 is 2.54 bits per heavy atom. The number of unbranched alkanes of at least 4 members (excludes halogenated alkanes) is 3. The Bertz CT molecular complexity index is 230. The van der Waals surface area contributed by atoms with Crippen molar-refractivity contribution in [3.63, 3.8) is 0 Å². The Hall–Kier alpha value is -0.340. The molecule has 1 rings (SSSR count). The molecule has 0 unspecified atom stereocenters. The van der Waals surface area contributed by atoms with Crippen LogP contribution >= 0.6 is 11.3 Å². The van der Waals surface area contributed by atoms with E-state index < -0.39 is 0 Å². The van der Waals surface area contributed by atoms with Gasteiger partial charge in [-0.1, -0.05) is 12.8 Å². The molecule has 1 aromatic heterocycles. The fraction of sp³-hybridized carbons (Fsp3) is 0.636. The summed E-state index contributed by atoms with van der Waals surface area (Å²) in [7, 11) is 0. The van der Waals surface area contributed by atoms with Crippen LogP contribution in [0.5, 0.6) is 0 Å². The molecule has 0 aromatic carbocycles. The highest BCUT2D eigenvalue weighted by Gasteiger charge is 1.96. The molecule has 0 amide bonds. The molecule has 0 aliphatic carbocycles. The number of hydrogen-bond acceptors (Lipinski definition) is 2. The molecule has 0 radical (unpaired) electrons. The van der Waals surface area contributed by atoms with E-state index in [9.17, 15) is 0 Å². The van der Waals surface area contributed by atoms with Crippen molar-refractivity contribution >= 4 is 11.3 Å². The van der Waals surface area contributed by atoms with Crippen molar-refractivity contribution in [1.29, 1.82) is 0 Å². The Balaban J connectivity index is 2.06. The van der Waals surface area contributed by atoms with Gasteiger partial charge in [0.05, 0.1) is 0 Å². The van der Waals surface area contributed by atoms with Crippen LogP contribution < -0.4 is 5.73 Å². The summed E-state index contributed by atoms with van der Waals surface area (Å²) >= 11 is 1.93. The lowest BCUT2D eigenvalue weighted by Gasteiger charge is -1.97. The molecular formula is C11H19NS. The molecule has 0 spiro atoms. The topological polar surface area (TPSA) is 26.0 Å². The summed E-state index contributed by atoms with van der Waals surface area (Å²) in [5.41, 5.74) is 5.43. The van der Waals surface area contributed by atoms with Crippen LogP contribution in [0.2, 0.25) is 0 Å². The normalized spacial score (nSPS) is 10.6. The van der Waals surface area contributed by atoms with Crippen molar-refractivity contribution < 1.29 is 0 Å². The van der Waals surface area contributed by atoms with Crippen molar-refractivity contribution in [3.05, 3.63) is 21.9 Å². The number of hydrogen-bond donors (Lipinski definition) is 1. The Morgan fingerprint density at radius 2 is 1.92 bits per heavy atom. The maximum Gasteiger partial charge on any atom is 0.00480 e. The van der Waals surface area contributed by atoms with Gasteiger partial charge in [0.2, 0.25) is 0 Å². The molecule has 0 bridgehead atoms. The number of aryl methyl sites for hydroxylation is 2. The van der Waals surface area contributed by atoms with Crippen molar-refractivity contribution in [2.75, 3.05) is 6.54 Å². The van der Waals surface area contributed by atoms with Gasteiger partial charge < -0.3 is 5.73 Å². The molecule has 13 heavy (non-hydrogen) atoms. The van der Waals surface area contributed by atoms with Crippen molar-refractivity contribution in [2.45, 2.75) is 39.0 Å². The highest BCUT2D eigenvalue weighted by molar-refractivity contribution is 7.11. The van der Waals surface area contributed by atoms with E-state index in [1.807, 2.05) is 11.3 Å². The maximum absolute atomic E-state index is 5.43. The molecule has 0 atom stereocenters. The van der Waals surface area contributed by atoms with Gasteiger partial charge >= 0.3 is 0 Å². The molecule has 1 heterocycles. The average molecular weight is 197 g/mol. The highest BCUT2D eigenvalue weighted by Crippen LogP contribution is 2.17. The van der Waals surface area contributed by atoms with E-state index in [2.05, 4.69) is 19.1 Å². The zero-order chi connectivity index (χ0) is 9.52. The second-order valence-electron chi connectivity index (χ2n) is 3.47. The smallest absolute Gasteiger partial charge is 0.00480 e. The van der Waals surface area contributed by atoms with E-state index in [1.165, 1.54) is 41.9 Å². The fourth-order valence-electron chi connectivity index (χ4n) is 1.42. The summed E-state index contributed by atoms with van der Waals surface area (Å²) in [6.45, 7) is 3.01. The molecule has 0 saturated heterocycles. The third kappa shape index (κ3) is 4.44. The van der Waals surface area contributed by atoms with Gasteiger partial charge in [0.1, 0.15) is 0 Å². The molecule has 1 aromatic rings. The minimum Gasteiger partial charge on any atom is -0.330 e. The molecule has 0 aliphatic heterocycles. The molecule has 0 aliphatic rings. The third-order valence-corrected chi connectivity index (χ3v) is 3.23. The molecule has 2 N–H and O–H groups in total. The van der Waals surface area contributed by atoms with E-state index in [0.29, 0.717) is 0 Å². The zero-order valence-electron chi connectivity index (χ0n) is 8.38. The molecule has 74 valence electrons. The van der Waals surface area contributed by atoms with Crippen LogP contribution in [0, 0.1) is 6.92 Å². The van der Waals surface area contributed by atoms with Gasteiger partial charge in [-0.05, 0) is 44.9 Å². The van der Waals surface area contributed by atoms with Gasteiger partial charge in [0.25, 0.3) is 0 Å². The summed E-state index contributed by atoms with van der Waals surface area (Å²) in [5, 5.41) is 0. The predicted octanol–water partition coefficient (Wildman–Crippen LogP) is 3.12. The standard InChI is InChI=1S/C11H19NS/c1-10-7-8-11(13-10)6-4-2-3-5-9-12/h7-8H,2-6,9,12H2,1H3. The van der Waals surface area contributed by atoms with E-state index in [0.717, 1.165) is 6.54 Å². The number of nitrogens with two attached hydrogens (primary N) is 1. The minimum atomic E-state index is 0.845. The van der Waals surface area contributed by atoms with E-state index in [1.54, 1.807) is 0 Å². The second-order valence-corrected chi connectivity index (χ2v) is 4.84. The second kappa shape index (κ2) is 6.17. The Kier molecular flexibility index (Phi) is 5.09. The largest absolute Gasteiger partial charge is 0.330 e. The molecule has 0 fully saturated rings. The first kappa shape index (κ1) is 10.7. The van der Waals surface area contributed by atoms with Crippen LogP contribution in [0.1, 0.15) is 35.4 Å². The molecule has 0 saturated carbocycles. The van der Waals surface area contributed by atoms with Crippen LogP contribution in [0.25, 0.3) is 0 Å². The Morgan fingerprint density at radius 1 is 1.15 bits per heavy atom. The van der Waals surface area contributed by atoms with Gasteiger partial charge in [0.15, 0.2) is 0 Å². The van der Waals surface area contributed by atoms with Crippen LogP contribution in [-0.2, 0) is 6.42 Å². The first-order valence-corrected chi connectivity index (χ1v) is 5.90. The first-order valence-electron chi connectivity index (χ1n) is 5.08. The lowest BCUT2D eigenvalue weighted by Crippen LogP contribution is -1.97. The monoisotopic (exact) mass is 197 g/mol. The van der Waals surface area contributed by atoms with Crippen molar-refractivity contribution in [3.8, 4) is 0 Å². The maximum atomic E-state index is 5.43. The van der Waals surface area contributed by atoms with Crippen molar-refractivity contribution in [1.82, 2.24) is 0 Å². The summed E-state index contributed by atoms with van der Waals surface area (Å²) in [6.07, 6.45) is 6.38. The molecule has 1 nitrogen and oxygen atoms in total. The van der Waals surface area contributed by atoms with Crippen LogP contribution in [0.4, 0.5) is 0 Å². The van der Waals surface area contributed by atoms with E-state index >= 15 is 0 Å².